The number of ether oxygens (including phenoxy) is 2. The monoisotopic (exact) mass is 464 g/mol. The number of ketones is 3. The van der Waals surface area contributed by atoms with Gasteiger partial charge in [-0.2, -0.15) is 0 Å². The molecule has 1 atom stereocenters. The Balaban J connectivity index is 1.70. The summed E-state index contributed by atoms with van der Waals surface area (Å²) in [6.07, 6.45) is 2.71. The number of benzene rings is 2. The Morgan fingerprint density at radius 2 is 1.76 bits per heavy atom. The molecule has 0 unspecified atom stereocenters. The van der Waals surface area contributed by atoms with E-state index in [9.17, 15) is 24.6 Å². The van der Waals surface area contributed by atoms with Crippen molar-refractivity contribution in [3.63, 3.8) is 0 Å². The van der Waals surface area contributed by atoms with Gasteiger partial charge in [0.05, 0.1) is 5.56 Å². The van der Waals surface area contributed by atoms with Crippen LogP contribution < -0.4 is 9.47 Å². The lowest BCUT2D eigenvalue weighted by atomic mass is 9.71. The first-order chi connectivity index (χ1) is 15.6. The van der Waals surface area contributed by atoms with Crippen LogP contribution in [0.5, 0.6) is 17.2 Å². The number of aliphatic hydroxyl groups excluding tert-OH is 1. The molecule has 0 bridgehead atoms. The Morgan fingerprint density at radius 3 is 2.39 bits per heavy atom. The molecular weight excluding hydrogens is 448 g/mol. The summed E-state index contributed by atoms with van der Waals surface area (Å²) in [5.74, 6) is -2.52. The van der Waals surface area contributed by atoms with Crippen molar-refractivity contribution in [2.24, 2.45) is 0 Å². The van der Waals surface area contributed by atoms with E-state index in [0.29, 0.717) is 10.6 Å². The summed E-state index contributed by atoms with van der Waals surface area (Å²) < 4.78 is 11.7. The van der Waals surface area contributed by atoms with E-state index in [1.807, 2.05) is 0 Å². The van der Waals surface area contributed by atoms with Crippen molar-refractivity contribution >= 4 is 35.0 Å². The highest BCUT2D eigenvalue weighted by molar-refractivity contribution is 6.30. The Bertz CT molecular complexity index is 1410. The minimum absolute atomic E-state index is 0.0102. The minimum atomic E-state index is -1.59. The molecule has 2 aliphatic heterocycles. The van der Waals surface area contributed by atoms with E-state index in [4.69, 9.17) is 21.1 Å². The molecule has 0 radical (unpaired) electrons. The van der Waals surface area contributed by atoms with Gasteiger partial charge in [-0.15, -0.1) is 0 Å². The summed E-state index contributed by atoms with van der Waals surface area (Å²) >= 11 is 5.92. The second kappa shape index (κ2) is 6.83. The zero-order chi connectivity index (χ0) is 23.8. The van der Waals surface area contributed by atoms with Gasteiger partial charge in [-0.3, -0.25) is 14.4 Å². The number of hydrogen-bond acceptors (Lipinski definition) is 7. The third-order valence-electron chi connectivity index (χ3n) is 6.21. The van der Waals surface area contributed by atoms with E-state index in [0.717, 1.165) is 0 Å². The third kappa shape index (κ3) is 2.72. The number of rotatable bonds is 2. The number of halogens is 1. The molecule has 166 valence electrons. The number of Topliss-reactive ketones (excluding diaryl/α,β-unsaturated/α-hetero) is 3. The van der Waals surface area contributed by atoms with Crippen molar-refractivity contribution in [2.45, 2.75) is 26.2 Å². The van der Waals surface area contributed by atoms with Crippen LogP contribution >= 0.6 is 11.6 Å². The van der Waals surface area contributed by atoms with Crippen LogP contribution in [0.2, 0.25) is 5.02 Å². The van der Waals surface area contributed by atoms with Crippen LogP contribution in [0.1, 0.15) is 40.9 Å². The summed E-state index contributed by atoms with van der Waals surface area (Å²) in [5.41, 5.74) is -0.928. The standard InChI is InChI=1S/C25H17ClO7/c1-10-20(29)19-23(33-16-9-14(28)17(11(2)27)24(31)25(16,19)3)18-21(30)15(32-22(10)18)8-12-4-6-13(26)7-5-12/h4-9,28-29H,1-3H3/b15-8-/t25-/m0/s1. The molecule has 2 heterocycles. The number of carbonyl (C=O) groups is 3. The van der Waals surface area contributed by atoms with Gasteiger partial charge in [0, 0.05) is 16.7 Å². The van der Waals surface area contributed by atoms with Crippen LogP contribution in [0.4, 0.5) is 0 Å². The van der Waals surface area contributed by atoms with Gasteiger partial charge in [0.2, 0.25) is 5.78 Å². The highest BCUT2D eigenvalue weighted by atomic mass is 35.5. The molecule has 0 amide bonds. The lowest BCUT2D eigenvalue weighted by Crippen LogP contribution is -2.38. The average molecular weight is 465 g/mol. The fourth-order valence-electron chi connectivity index (χ4n) is 4.44. The predicted octanol–water partition coefficient (Wildman–Crippen LogP) is 4.49. The maximum atomic E-state index is 13.3. The van der Waals surface area contributed by atoms with Crippen molar-refractivity contribution in [1.82, 2.24) is 0 Å². The zero-order valence-corrected chi connectivity index (χ0v) is 18.5. The molecule has 8 heteroatoms. The smallest absolute Gasteiger partial charge is 0.235 e. The van der Waals surface area contributed by atoms with Crippen LogP contribution in [-0.4, -0.2) is 27.6 Å². The molecule has 0 saturated heterocycles. The van der Waals surface area contributed by atoms with Gasteiger partial charge in [-0.1, -0.05) is 23.7 Å². The first-order valence-electron chi connectivity index (χ1n) is 10.0. The van der Waals surface area contributed by atoms with Crippen molar-refractivity contribution < 1.29 is 34.1 Å². The molecule has 0 aromatic heterocycles. The van der Waals surface area contributed by atoms with Crippen molar-refractivity contribution in [3.8, 4) is 17.2 Å². The molecule has 3 aliphatic rings. The van der Waals surface area contributed by atoms with Crippen LogP contribution in [0, 0.1) is 6.92 Å². The number of aromatic hydroxyl groups is 1. The number of allylic oxidation sites excluding steroid dienone is 4. The summed E-state index contributed by atoms with van der Waals surface area (Å²) in [7, 11) is 0. The molecule has 2 N–H and O–H groups in total. The van der Waals surface area contributed by atoms with Gasteiger partial charge in [0.15, 0.2) is 23.1 Å². The first-order valence-corrected chi connectivity index (χ1v) is 10.4. The molecule has 0 saturated carbocycles. The molecular formula is C25H17ClO7. The molecule has 0 fully saturated rings. The molecule has 2 aromatic rings. The highest BCUT2D eigenvalue weighted by Gasteiger charge is 2.56. The molecule has 0 spiro atoms. The largest absolute Gasteiger partial charge is 0.507 e. The Morgan fingerprint density at radius 1 is 1.09 bits per heavy atom. The van der Waals surface area contributed by atoms with E-state index in [2.05, 4.69) is 0 Å². The van der Waals surface area contributed by atoms with E-state index in [-0.39, 0.29) is 51.0 Å². The molecule has 5 rings (SSSR count). The first kappa shape index (κ1) is 21.0. The Hall–Kier alpha value is -3.84. The van der Waals surface area contributed by atoms with Gasteiger partial charge in [-0.05, 0) is 44.5 Å². The average Bonchev–Trinajstić information content (AvgIpc) is 3.23. The van der Waals surface area contributed by atoms with Gasteiger partial charge in [-0.25, -0.2) is 0 Å². The summed E-state index contributed by atoms with van der Waals surface area (Å²) in [6, 6.07) is 6.79. The SMILES string of the molecule is CC(=O)C1=C(O)C=C2Oc3c4c(c(C)c(O)c3[C@@]2(C)C1=O)O/C(=C\c1ccc(Cl)cc1)C4=O. The van der Waals surface area contributed by atoms with Crippen LogP contribution in [-0.2, 0) is 15.0 Å². The third-order valence-corrected chi connectivity index (χ3v) is 6.46. The van der Waals surface area contributed by atoms with Gasteiger partial charge < -0.3 is 19.7 Å². The molecule has 33 heavy (non-hydrogen) atoms. The van der Waals surface area contributed by atoms with E-state index >= 15 is 0 Å². The summed E-state index contributed by atoms with van der Waals surface area (Å²) in [5, 5.41) is 21.8. The minimum Gasteiger partial charge on any atom is -0.507 e. The van der Waals surface area contributed by atoms with Crippen LogP contribution in [0.3, 0.4) is 0 Å². The van der Waals surface area contributed by atoms with Gasteiger partial charge in [0.25, 0.3) is 0 Å². The number of carbonyl (C=O) groups excluding carboxylic acids is 3. The Kier molecular flexibility index (Phi) is 4.35. The molecule has 1 aliphatic carbocycles. The maximum absolute atomic E-state index is 13.3. The topological polar surface area (TPSA) is 110 Å². The zero-order valence-electron chi connectivity index (χ0n) is 17.8. The van der Waals surface area contributed by atoms with Crippen LogP contribution in [0.25, 0.3) is 6.08 Å². The quantitative estimate of drug-likeness (QED) is 0.497. The van der Waals surface area contributed by atoms with Crippen molar-refractivity contribution in [1.29, 1.82) is 0 Å². The van der Waals surface area contributed by atoms with E-state index < -0.39 is 28.5 Å². The summed E-state index contributed by atoms with van der Waals surface area (Å²) in [6.45, 7) is 4.21. The second-order valence-corrected chi connectivity index (χ2v) is 8.69. The second-order valence-electron chi connectivity index (χ2n) is 8.25. The predicted molar refractivity (Wildman–Crippen MR) is 119 cm³/mol. The lowest BCUT2D eigenvalue weighted by molar-refractivity contribution is -0.123. The number of phenols is 1. The van der Waals surface area contributed by atoms with Crippen molar-refractivity contribution in [3.05, 3.63) is 80.5 Å². The van der Waals surface area contributed by atoms with Crippen molar-refractivity contribution in [2.75, 3.05) is 0 Å². The van der Waals surface area contributed by atoms with Crippen LogP contribution in [0.15, 0.2) is 53.2 Å². The Labute approximate surface area is 193 Å². The number of hydrogen-bond donors (Lipinski definition) is 2. The maximum Gasteiger partial charge on any atom is 0.235 e. The molecule has 7 nitrogen and oxygen atoms in total. The fraction of sp³-hybridized carbons (Fsp3) is 0.160. The van der Waals surface area contributed by atoms with E-state index in [1.54, 1.807) is 31.2 Å². The molecule has 2 aromatic carbocycles. The number of aliphatic hydroxyl groups is 1. The van der Waals surface area contributed by atoms with Gasteiger partial charge in [0.1, 0.15) is 39.6 Å². The highest BCUT2D eigenvalue weighted by Crippen LogP contribution is 2.59. The van der Waals surface area contributed by atoms with E-state index in [1.165, 1.54) is 26.0 Å². The normalized spacial score (nSPS) is 21.9. The lowest BCUT2D eigenvalue weighted by Gasteiger charge is -2.27. The van der Waals surface area contributed by atoms with Gasteiger partial charge >= 0.3 is 0 Å². The number of phenolic OH excluding ortho intramolecular Hbond substituents is 1. The number of fused-ring (bicyclic) bond motifs is 5. The summed E-state index contributed by atoms with van der Waals surface area (Å²) in [4.78, 5) is 38.7. The fourth-order valence-corrected chi connectivity index (χ4v) is 4.57.